The summed E-state index contributed by atoms with van der Waals surface area (Å²) < 4.78 is 13.4. The largest absolute Gasteiger partial charge is 0.493 e. The van der Waals surface area contributed by atoms with Crippen LogP contribution in [0.4, 0.5) is 0 Å². The number of methoxy groups -OCH3 is 1. The topological polar surface area (TPSA) is 85.0 Å². The van der Waals surface area contributed by atoms with Gasteiger partial charge in [-0.3, -0.25) is 0 Å². The van der Waals surface area contributed by atoms with E-state index in [-0.39, 0.29) is 0 Å². The molecule has 1 aromatic carbocycles. The second kappa shape index (κ2) is 9.93. The number of benzene rings is 1. The van der Waals surface area contributed by atoms with E-state index in [9.17, 15) is 0 Å². The second-order valence-electron chi connectivity index (χ2n) is 6.69. The van der Waals surface area contributed by atoms with E-state index in [4.69, 9.17) is 14.7 Å². The quantitative estimate of drug-likeness (QED) is 0.684. The summed E-state index contributed by atoms with van der Waals surface area (Å²) in [6.07, 6.45) is 5.89. The van der Waals surface area contributed by atoms with Crippen molar-refractivity contribution in [1.29, 1.82) is 5.26 Å². The third-order valence-electron chi connectivity index (χ3n) is 4.72. The van der Waals surface area contributed by atoms with E-state index in [0.29, 0.717) is 44.0 Å². The number of unbranched alkanes of at least 4 members (excludes halogenated alkanes) is 1. The fourth-order valence-electron chi connectivity index (χ4n) is 3.27. The Morgan fingerprint density at radius 3 is 2.96 bits per heavy atom. The molecular formula is C20H27N5O2. The van der Waals surface area contributed by atoms with E-state index in [0.717, 1.165) is 30.2 Å². The minimum Gasteiger partial charge on any atom is -0.493 e. The SMILES string of the molecule is COc1ccc(CNCc2nnc3n2CCCCC3)cc1OCCCC#N. The van der Waals surface area contributed by atoms with Crippen LogP contribution >= 0.6 is 0 Å². The highest BCUT2D eigenvalue weighted by Crippen LogP contribution is 2.28. The van der Waals surface area contributed by atoms with E-state index in [2.05, 4.69) is 26.2 Å². The van der Waals surface area contributed by atoms with Gasteiger partial charge in [0.15, 0.2) is 11.5 Å². The van der Waals surface area contributed by atoms with Gasteiger partial charge in [0.05, 0.1) is 26.3 Å². The predicted molar refractivity (Wildman–Crippen MR) is 101 cm³/mol. The van der Waals surface area contributed by atoms with Crippen LogP contribution in [0.25, 0.3) is 0 Å². The summed E-state index contributed by atoms with van der Waals surface area (Å²) in [6, 6.07) is 8.06. The first-order valence-electron chi connectivity index (χ1n) is 9.60. The number of rotatable bonds is 9. The first kappa shape index (κ1) is 19.2. The van der Waals surface area contributed by atoms with Gasteiger partial charge in [0.25, 0.3) is 0 Å². The minimum atomic E-state index is 0.492. The molecule has 0 bridgehead atoms. The Labute approximate surface area is 160 Å². The van der Waals surface area contributed by atoms with Crippen molar-refractivity contribution in [2.45, 2.75) is 58.2 Å². The fourth-order valence-corrected chi connectivity index (χ4v) is 3.27. The highest BCUT2D eigenvalue weighted by atomic mass is 16.5. The Kier molecular flexibility index (Phi) is 7.05. The molecule has 0 saturated heterocycles. The molecular weight excluding hydrogens is 342 g/mol. The molecule has 0 amide bonds. The van der Waals surface area contributed by atoms with Crippen molar-refractivity contribution >= 4 is 0 Å². The molecule has 2 aromatic rings. The van der Waals surface area contributed by atoms with Gasteiger partial charge in [-0.25, -0.2) is 0 Å². The molecule has 2 heterocycles. The van der Waals surface area contributed by atoms with Crippen LogP contribution in [0.3, 0.4) is 0 Å². The van der Waals surface area contributed by atoms with Crippen molar-refractivity contribution in [3.05, 3.63) is 35.4 Å². The van der Waals surface area contributed by atoms with Crippen molar-refractivity contribution in [2.24, 2.45) is 0 Å². The van der Waals surface area contributed by atoms with Gasteiger partial charge < -0.3 is 19.4 Å². The summed E-state index contributed by atoms with van der Waals surface area (Å²) >= 11 is 0. The average molecular weight is 369 g/mol. The molecule has 1 aliphatic heterocycles. The van der Waals surface area contributed by atoms with Crippen LogP contribution in [-0.2, 0) is 26.1 Å². The number of fused-ring (bicyclic) bond motifs is 1. The lowest BCUT2D eigenvalue weighted by atomic mass is 10.2. The van der Waals surface area contributed by atoms with Gasteiger partial charge in [-0.15, -0.1) is 10.2 Å². The van der Waals surface area contributed by atoms with E-state index >= 15 is 0 Å². The zero-order valence-electron chi connectivity index (χ0n) is 15.9. The van der Waals surface area contributed by atoms with Gasteiger partial charge in [-0.2, -0.15) is 5.26 Å². The molecule has 0 radical (unpaired) electrons. The minimum absolute atomic E-state index is 0.492. The zero-order chi connectivity index (χ0) is 18.9. The third-order valence-corrected chi connectivity index (χ3v) is 4.72. The second-order valence-corrected chi connectivity index (χ2v) is 6.69. The molecule has 1 N–H and O–H groups in total. The van der Waals surface area contributed by atoms with E-state index in [1.807, 2.05) is 18.2 Å². The maximum absolute atomic E-state index is 8.62. The number of ether oxygens (including phenoxy) is 2. The number of aryl methyl sites for hydroxylation is 1. The number of nitrogens with zero attached hydrogens (tertiary/aromatic N) is 4. The number of hydrogen-bond donors (Lipinski definition) is 1. The zero-order valence-corrected chi connectivity index (χ0v) is 15.9. The van der Waals surface area contributed by atoms with Gasteiger partial charge in [0.1, 0.15) is 11.6 Å². The lowest BCUT2D eigenvalue weighted by Gasteiger charge is -2.13. The molecule has 0 unspecified atom stereocenters. The van der Waals surface area contributed by atoms with Crippen molar-refractivity contribution in [1.82, 2.24) is 20.1 Å². The average Bonchev–Trinajstić information content (AvgIpc) is 2.92. The monoisotopic (exact) mass is 369 g/mol. The maximum atomic E-state index is 8.62. The molecule has 0 fully saturated rings. The molecule has 7 heteroatoms. The molecule has 144 valence electrons. The Morgan fingerprint density at radius 1 is 1.19 bits per heavy atom. The third kappa shape index (κ3) is 5.20. The fraction of sp³-hybridized carbons (Fsp3) is 0.550. The Morgan fingerprint density at radius 2 is 2.11 bits per heavy atom. The van der Waals surface area contributed by atoms with Crippen LogP contribution in [0, 0.1) is 11.3 Å². The smallest absolute Gasteiger partial charge is 0.161 e. The van der Waals surface area contributed by atoms with Crippen molar-refractivity contribution in [2.75, 3.05) is 13.7 Å². The Balaban J connectivity index is 1.56. The molecule has 0 saturated carbocycles. The molecule has 1 aromatic heterocycles. The Bertz CT molecular complexity index is 781. The molecule has 0 spiro atoms. The summed E-state index contributed by atoms with van der Waals surface area (Å²) in [6.45, 7) is 2.92. The summed E-state index contributed by atoms with van der Waals surface area (Å²) in [5.41, 5.74) is 1.11. The van der Waals surface area contributed by atoms with Gasteiger partial charge in [0, 0.05) is 25.9 Å². The molecule has 7 nitrogen and oxygen atoms in total. The predicted octanol–water partition coefficient (Wildman–Crippen LogP) is 2.99. The van der Waals surface area contributed by atoms with Crippen LogP contribution < -0.4 is 14.8 Å². The van der Waals surface area contributed by atoms with Crippen molar-refractivity contribution in [3.8, 4) is 17.6 Å². The lowest BCUT2D eigenvalue weighted by molar-refractivity contribution is 0.290. The van der Waals surface area contributed by atoms with Crippen LogP contribution in [0.5, 0.6) is 11.5 Å². The standard InChI is InChI=1S/C20H27N5O2/c1-26-17-9-8-16(13-18(17)27-12-6-4-10-21)14-22-15-20-24-23-19-7-3-2-5-11-25(19)20/h8-9,13,22H,2-7,11-12,14-15H2,1H3. The molecule has 1 aliphatic rings. The van der Waals surface area contributed by atoms with Crippen LogP contribution in [0.1, 0.15) is 49.3 Å². The van der Waals surface area contributed by atoms with E-state index in [1.165, 1.54) is 19.3 Å². The van der Waals surface area contributed by atoms with Gasteiger partial charge >= 0.3 is 0 Å². The van der Waals surface area contributed by atoms with Crippen molar-refractivity contribution in [3.63, 3.8) is 0 Å². The first-order chi connectivity index (χ1) is 13.3. The van der Waals surface area contributed by atoms with E-state index < -0.39 is 0 Å². The molecule has 3 rings (SSSR count). The van der Waals surface area contributed by atoms with Gasteiger partial charge in [-0.1, -0.05) is 12.5 Å². The number of aromatic nitrogens is 3. The van der Waals surface area contributed by atoms with Gasteiger partial charge in [-0.05, 0) is 37.0 Å². The van der Waals surface area contributed by atoms with Gasteiger partial charge in [0.2, 0.25) is 0 Å². The first-order valence-corrected chi connectivity index (χ1v) is 9.60. The highest BCUT2D eigenvalue weighted by molar-refractivity contribution is 5.43. The highest BCUT2D eigenvalue weighted by Gasteiger charge is 2.14. The normalized spacial score (nSPS) is 13.5. The Hall–Kier alpha value is -2.59. The summed E-state index contributed by atoms with van der Waals surface area (Å²) in [7, 11) is 1.63. The van der Waals surface area contributed by atoms with E-state index in [1.54, 1.807) is 7.11 Å². The number of nitrogens with one attached hydrogen (secondary N) is 1. The van der Waals surface area contributed by atoms with Crippen LogP contribution in [-0.4, -0.2) is 28.5 Å². The van der Waals surface area contributed by atoms with Crippen LogP contribution in [0.2, 0.25) is 0 Å². The maximum Gasteiger partial charge on any atom is 0.161 e. The lowest BCUT2D eigenvalue weighted by Crippen LogP contribution is -2.17. The number of nitriles is 1. The van der Waals surface area contributed by atoms with Crippen molar-refractivity contribution < 1.29 is 9.47 Å². The van der Waals surface area contributed by atoms with Crippen LogP contribution in [0.15, 0.2) is 18.2 Å². The molecule has 0 aliphatic carbocycles. The summed E-state index contributed by atoms with van der Waals surface area (Å²) in [5.74, 6) is 3.54. The molecule has 27 heavy (non-hydrogen) atoms. The molecule has 0 atom stereocenters. The number of hydrogen-bond acceptors (Lipinski definition) is 6. The summed E-state index contributed by atoms with van der Waals surface area (Å²) in [4.78, 5) is 0. The summed E-state index contributed by atoms with van der Waals surface area (Å²) in [5, 5.41) is 20.8.